The summed E-state index contributed by atoms with van der Waals surface area (Å²) in [7, 11) is 0. The highest BCUT2D eigenvalue weighted by molar-refractivity contribution is 5.70. The van der Waals surface area contributed by atoms with Crippen molar-refractivity contribution < 1.29 is 23.8 Å². The van der Waals surface area contributed by atoms with Crippen LogP contribution in [0, 0.1) is 0 Å². The highest BCUT2D eigenvalue weighted by Crippen LogP contribution is 2.13. The fraction of sp³-hybridized carbons (Fsp3) is 0.739. The second kappa shape index (κ2) is 37.4. The van der Waals surface area contributed by atoms with Crippen LogP contribution in [0.1, 0.15) is 199 Å². The van der Waals surface area contributed by atoms with E-state index in [1.54, 1.807) is 0 Å². The molecule has 0 aliphatic heterocycles. The van der Waals surface area contributed by atoms with Crippen LogP contribution < -0.4 is 0 Å². The van der Waals surface area contributed by atoms with Crippen LogP contribution in [-0.2, 0) is 30.4 Å². The van der Waals surface area contributed by atoms with Gasteiger partial charge in [-0.3, -0.25) is 9.59 Å². The van der Waals surface area contributed by atoms with Crippen LogP contribution in [0.15, 0.2) is 54.6 Å². The molecule has 292 valence electrons. The zero-order valence-corrected chi connectivity index (χ0v) is 33.2. The fourth-order valence-corrected chi connectivity index (χ4v) is 6.18. The van der Waals surface area contributed by atoms with Gasteiger partial charge in [0.2, 0.25) is 0 Å². The van der Waals surface area contributed by atoms with Gasteiger partial charge in [0, 0.05) is 12.8 Å². The molecule has 0 unspecified atom stereocenters. The smallest absolute Gasteiger partial charge is 0.306 e. The first-order valence-corrected chi connectivity index (χ1v) is 21.4. The van der Waals surface area contributed by atoms with Crippen molar-refractivity contribution in [3.63, 3.8) is 0 Å². The van der Waals surface area contributed by atoms with E-state index in [4.69, 9.17) is 14.2 Å². The second-order valence-corrected chi connectivity index (χ2v) is 14.5. The van der Waals surface area contributed by atoms with Crippen molar-refractivity contribution in [3.05, 3.63) is 60.2 Å². The van der Waals surface area contributed by atoms with Gasteiger partial charge in [0.15, 0.2) is 6.10 Å². The zero-order valence-electron chi connectivity index (χ0n) is 33.2. The fourth-order valence-electron chi connectivity index (χ4n) is 6.18. The molecular weight excluding hydrogens is 633 g/mol. The Hall–Kier alpha value is -2.40. The molecule has 1 aromatic rings. The third-order valence-electron chi connectivity index (χ3n) is 9.43. The van der Waals surface area contributed by atoms with Crippen LogP contribution in [-0.4, -0.2) is 31.3 Å². The lowest BCUT2D eigenvalue weighted by molar-refractivity contribution is -0.163. The Bertz CT molecular complexity index is 956. The molecule has 5 nitrogen and oxygen atoms in total. The van der Waals surface area contributed by atoms with Gasteiger partial charge < -0.3 is 14.2 Å². The summed E-state index contributed by atoms with van der Waals surface area (Å²) in [6, 6.07) is 9.92. The molecule has 0 saturated heterocycles. The van der Waals surface area contributed by atoms with Crippen LogP contribution in [0.2, 0.25) is 0 Å². The Kier molecular flexibility index (Phi) is 34.2. The van der Waals surface area contributed by atoms with Crippen LogP contribution in [0.5, 0.6) is 0 Å². The molecule has 1 atom stereocenters. The van der Waals surface area contributed by atoms with Crippen molar-refractivity contribution in [3.8, 4) is 0 Å². The van der Waals surface area contributed by atoms with Gasteiger partial charge in [-0.05, 0) is 69.8 Å². The quantitative estimate of drug-likeness (QED) is 0.0391. The zero-order chi connectivity index (χ0) is 36.7. The number of carbonyl (C=O) groups excluding carboxylic acids is 2. The minimum atomic E-state index is -0.595. The molecule has 0 aliphatic carbocycles. The monoisotopic (exact) mass is 711 g/mol. The minimum absolute atomic E-state index is 0.0385. The number of carbonyl (C=O) groups is 2. The summed E-state index contributed by atoms with van der Waals surface area (Å²) < 4.78 is 17.1. The maximum atomic E-state index is 12.7. The second-order valence-electron chi connectivity index (χ2n) is 14.5. The van der Waals surface area contributed by atoms with E-state index in [9.17, 15) is 9.59 Å². The van der Waals surface area contributed by atoms with Crippen molar-refractivity contribution in [2.45, 2.75) is 206 Å². The van der Waals surface area contributed by atoms with Gasteiger partial charge in [0.25, 0.3) is 0 Å². The number of ether oxygens (including phenoxy) is 3. The molecule has 0 fully saturated rings. The Labute approximate surface area is 314 Å². The molecule has 0 heterocycles. The number of hydrogen-bond acceptors (Lipinski definition) is 5. The summed E-state index contributed by atoms with van der Waals surface area (Å²) in [6.45, 7) is 5.19. The standard InChI is InChI=1S/C46H78O5/c1-3-5-7-9-11-13-15-17-19-21-23-25-27-29-34-38-45(47)50-42-44(41-49-40-43-36-32-31-33-37-43)51-46(48)39-35-30-28-26-24-22-20-18-16-14-12-10-8-6-4-2/h17-20,31-33,36-37,44H,3-16,21-30,34-35,38-42H2,1-2H3/b19-17+,20-18+/t44-/m0/s1. The van der Waals surface area contributed by atoms with E-state index in [1.165, 1.54) is 116 Å². The van der Waals surface area contributed by atoms with Crippen LogP contribution in [0.4, 0.5) is 0 Å². The molecule has 1 rings (SSSR count). The van der Waals surface area contributed by atoms with E-state index >= 15 is 0 Å². The largest absolute Gasteiger partial charge is 0.462 e. The third kappa shape index (κ3) is 33.2. The summed E-state index contributed by atoms with van der Waals surface area (Å²) >= 11 is 0. The van der Waals surface area contributed by atoms with Crippen LogP contribution >= 0.6 is 0 Å². The number of hydrogen-bond donors (Lipinski definition) is 0. The summed E-state index contributed by atoms with van der Waals surface area (Å²) in [5.74, 6) is -0.469. The number of esters is 2. The first kappa shape index (κ1) is 46.6. The molecule has 0 aliphatic rings. The number of allylic oxidation sites excluding steroid dienone is 4. The minimum Gasteiger partial charge on any atom is -0.462 e. The van der Waals surface area contributed by atoms with Gasteiger partial charge in [-0.15, -0.1) is 0 Å². The predicted molar refractivity (Wildman–Crippen MR) is 216 cm³/mol. The first-order valence-electron chi connectivity index (χ1n) is 21.4. The lowest BCUT2D eigenvalue weighted by Crippen LogP contribution is -2.29. The van der Waals surface area contributed by atoms with Gasteiger partial charge in [-0.1, -0.05) is 171 Å². The van der Waals surface area contributed by atoms with E-state index < -0.39 is 6.10 Å². The predicted octanol–water partition coefficient (Wildman–Crippen LogP) is 13.7. The van der Waals surface area contributed by atoms with Crippen molar-refractivity contribution in [1.82, 2.24) is 0 Å². The van der Waals surface area contributed by atoms with Gasteiger partial charge >= 0.3 is 11.9 Å². The lowest BCUT2D eigenvalue weighted by Gasteiger charge is -2.18. The van der Waals surface area contributed by atoms with E-state index in [0.717, 1.165) is 56.9 Å². The van der Waals surface area contributed by atoms with Gasteiger partial charge in [-0.25, -0.2) is 0 Å². The van der Waals surface area contributed by atoms with Crippen molar-refractivity contribution in [2.24, 2.45) is 0 Å². The number of rotatable bonds is 37. The molecule has 0 bridgehead atoms. The number of benzene rings is 1. The maximum absolute atomic E-state index is 12.7. The highest BCUT2D eigenvalue weighted by Gasteiger charge is 2.17. The van der Waals surface area contributed by atoms with Crippen LogP contribution in [0.25, 0.3) is 0 Å². The van der Waals surface area contributed by atoms with E-state index in [0.29, 0.717) is 19.4 Å². The normalized spacial score (nSPS) is 12.2. The molecule has 0 N–H and O–H groups in total. The average molecular weight is 711 g/mol. The molecule has 0 saturated carbocycles. The highest BCUT2D eigenvalue weighted by atomic mass is 16.6. The summed E-state index contributed by atoms with van der Waals surface area (Å²) in [5.41, 5.74) is 1.05. The summed E-state index contributed by atoms with van der Waals surface area (Å²) in [6.07, 6.45) is 41.4. The first-order chi connectivity index (χ1) is 25.2. The SMILES string of the molecule is CCCCCCCC/C=C/CCCCCCCC(=O)OC[C@H](COCc1ccccc1)OC(=O)CCCCCCC/C=C/CCCCCCCC. The topological polar surface area (TPSA) is 61.8 Å². The van der Waals surface area contributed by atoms with Crippen LogP contribution in [0.3, 0.4) is 0 Å². The van der Waals surface area contributed by atoms with E-state index in [1.807, 2.05) is 30.3 Å². The van der Waals surface area contributed by atoms with Crippen molar-refractivity contribution >= 4 is 11.9 Å². The molecule has 1 aromatic carbocycles. The Morgan fingerprint density at radius 1 is 0.510 bits per heavy atom. The average Bonchev–Trinajstić information content (AvgIpc) is 3.14. The molecule has 0 radical (unpaired) electrons. The Balaban J connectivity index is 2.17. The van der Waals surface area contributed by atoms with Crippen molar-refractivity contribution in [1.29, 1.82) is 0 Å². The van der Waals surface area contributed by atoms with Gasteiger partial charge in [0.05, 0.1) is 13.2 Å². The molecule has 51 heavy (non-hydrogen) atoms. The Morgan fingerprint density at radius 3 is 1.39 bits per heavy atom. The van der Waals surface area contributed by atoms with E-state index in [-0.39, 0.29) is 25.2 Å². The molecular formula is C46H78O5. The van der Waals surface area contributed by atoms with E-state index in [2.05, 4.69) is 38.2 Å². The molecule has 0 amide bonds. The molecule has 0 aromatic heterocycles. The Morgan fingerprint density at radius 2 is 0.922 bits per heavy atom. The maximum Gasteiger partial charge on any atom is 0.306 e. The molecule has 5 heteroatoms. The third-order valence-corrected chi connectivity index (χ3v) is 9.43. The van der Waals surface area contributed by atoms with Crippen molar-refractivity contribution in [2.75, 3.05) is 13.2 Å². The summed E-state index contributed by atoms with van der Waals surface area (Å²) in [5, 5.41) is 0. The van der Waals surface area contributed by atoms with Gasteiger partial charge in [-0.2, -0.15) is 0 Å². The summed E-state index contributed by atoms with van der Waals surface area (Å²) in [4.78, 5) is 25.1. The molecule has 0 spiro atoms. The number of unbranched alkanes of at least 4 members (excludes halogenated alkanes) is 22. The lowest BCUT2D eigenvalue weighted by atomic mass is 10.1. The van der Waals surface area contributed by atoms with Gasteiger partial charge in [0.1, 0.15) is 6.61 Å².